The summed E-state index contributed by atoms with van der Waals surface area (Å²) in [5, 5.41) is 1.63. The number of anilines is 1. The van der Waals surface area contributed by atoms with Crippen LogP contribution >= 0.6 is 0 Å². The van der Waals surface area contributed by atoms with Crippen LogP contribution in [0.4, 0.5) is 19.3 Å². The number of hydrogen-bond donors (Lipinski definition) is 2. The van der Waals surface area contributed by atoms with E-state index < -0.39 is 33.2 Å². The number of rotatable bonds is 5. The van der Waals surface area contributed by atoms with E-state index in [0.29, 0.717) is 11.3 Å². The van der Waals surface area contributed by atoms with Gasteiger partial charge in [-0.25, -0.2) is 23.3 Å². The summed E-state index contributed by atoms with van der Waals surface area (Å²) in [6.45, 7) is 1.99. The molecule has 8 nitrogen and oxygen atoms in total. The van der Waals surface area contributed by atoms with E-state index in [1.807, 2.05) is 13.0 Å². The van der Waals surface area contributed by atoms with E-state index in [4.69, 9.17) is 0 Å². The lowest BCUT2D eigenvalue weighted by molar-refractivity contribution is 0.141. The lowest BCUT2D eigenvalue weighted by Crippen LogP contribution is -2.36. The van der Waals surface area contributed by atoms with Crippen molar-refractivity contribution in [2.75, 3.05) is 5.32 Å². The van der Waals surface area contributed by atoms with Gasteiger partial charge in [0, 0.05) is 30.4 Å². The van der Waals surface area contributed by atoms with Gasteiger partial charge in [-0.05, 0) is 66.6 Å². The predicted octanol–water partition coefficient (Wildman–Crippen LogP) is 3.78. The van der Waals surface area contributed by atoms with Crippen LogP contribution < -0.4 is 10.0 Å². The van der Waals surface area contributed by atoms with Gasteiger partial charge in [0.2, 0.25) is 5.03 Å². The van der Waals surface area contributed by atoms with E-state index >= 15 is 0 Å². The second-order valence-corrected chi connectivity index (χ2v) is 8.87. The molecule has 0 atom stereocenters. The topological polar surface area (TPSA) is 114 Å². The molecule has 0 saturated heterocycles. The highest BCUT2D eigenvalue weighted by Crippen LogP contribution is 2.39. The van der Waals surface area contributed by atoms with Gasteiger partial charge in [-0.3, -0.25) is 9.97 Å². The van der Waals surface area contributed by atoms with Gasteiger partial charge in [-0.15, -0.1) is 0 Å². The largest absolute Gasteiger partial charge is 0.333 e. The summed E-state index contributed by atoms with van der Waals surface area (Å²) in [5.41, 5.74) is 4.07. The third kappa shape index (κ3) is 4.15. The number of carbonyl (C=O) groups excluding carboxylic acids is 1. The van der Waals surface area contributed by atoms with Crippen LogP contribution in [0.2, 0.25) is 0 Å². The van der Waals surface area contributed by atoms with Gasteiger partial charge in [-0.2, -0.15) is 8.42 Å². The first kappa shape index (κ1) is 21.8. The molecule has 2 amide bonds. The van der Waals surface area contributed by atoms with Crippen molar-refractivity contribution in [2.45, 2.75) is 37.6 Å². The summed E-state index contributed by atoms with van der Waals surface area (Å²) < 4.78 is 53.3. The highest BCUT2D eigenvalue weighted by molar-refractivity contribution is 7.90. The van der Waals surface area contributed by atoms with E-state index in [1.54, 1.807) is 29.2 Å². The minimum absolute atomic E-state index is 0.482. The average Bonchev–Trinajstić information content (AvgIpc) is 3.26. The first-order valence-corrected chi connectivity index (χ1v) is 11.2. The molecule has 166 valence electrons. The van der Waals surface area contributed by atoms with Crippen LogP contribution in [0, 0.1) is 6.92 Å². The Morgan fingerprint density at radius 3 is 2.47 bits per heavy atom. The molecule has 0 saturated carbocycles. The van der Waals surface area contributed by atoms with Crippen molar-refractivity contribution >= 4 is 21.7 Å². The Balaban J connectivity index is 1.69. The second kappa shape index (κ2) is 8.58. The molecule has 4 rings (SSSR count). The van der Waals surface area contributed by atoms with Crippen molar-refractivity contribution in [3.63, 3.8) is 0 Å². The average molecular weight is 459 g/mol. The molecule has 2 aromatic heterocycles. The number of aromatic nitrogens is 3. The number of nitrogens with one attached hydrogen (secondary N) is 2. The summed E-state index contributed by atoms with van der Waals surface area (Å²) >= 11 is 0. The molecule has 32 heavy (non-hydrogen) atoms. The van der Waals surface area contributed by atoms with Gasteiger partial charge < -0.3 is 5.32 Å². The summed E-state index contributed by atoms with van der Waals surface area (Å²) in [7, 11) is -4.68. The zero-order chi connectivity index (χ0) is 22.9. The number of nitrogens with zero attached hydrogens (tertiary/aromatic N) is 3. The number of urea groups is 1. The third-order valence-corrected chi connectivity index (χ3v) is 6.51. The van der Waals surface area contributed by atoms with E-state index in [9.17, 15) is 22.0 Å². The summed E-state index contributed by atoms with van der Waals surface area (Å²) in [5.74, 6) is 0. The molecule has 0 bridgehead atoms. The normalized spacial score (nSPS) is 13.1. The van der Waals surface area contributed by atoms with Crippen molar-refractivity contribution in [1.82, 2.24) is 19.7 Å². The number of fused-ring (bicyclic) bond motifs is 1. The molecule has 0 radical (unpaired) electrons. The number of benzene rings is 1. The van der Waals surface area contributed by atoms with Crippen LogP contribution in [-0.4, -0.2) is 29.4 Å². The van der Waals surface area contributed by atoms with Gasteiger partial charge >= 0.3 is 6.03 Å². The molecule has 11 heteroatoms. The van der Waals surface area contributed by atoms with Crippen molar-refractivity contribution in [3.8, 4) is 11.1 Å². The Morgan fingerprint density at radius 1 is 1.06 bits per heavy atom. The molecular weight excluding hydrogens is 440 g/mol. The smallest absolute Gasteiger partial charge is 0.306 e. The van der Waals surface area contributed by atoms with Gasteiger partial charge in [0.15, 0.2) is 0 Å². The molecule has 1 aliphatic carbocycles. The van der Waals surface area contributed by atoms with Gasteiger partial charge in [0.25, 0.3) is 16.4 Å². The summed E-state index contributed by atoms with van der Waals surface area (Å²) in [6, 6.07) is 4.42. The predicted molar refractivity (Wildman–Crippen MR) is 113 cm³/mol. The highest BCUT2D eigenvalue weighted by atomic mass is 32.2. The lowest BCUT2D eigenvalue weighted by atomic mass is 9.94. The van der Waals surface area contributed by atoms with Gasteiger partial charge in [0.05, 0.1) is 5.69 Å². The number of hydrogen-bond acceptors (Lipinski definition) is 6. The van der Waals surface area contributed by atoms with Crippen molar-refractivity contribution in [3.05, 3.63) is 65.4 Å². The van der Waals surface area contributed by atoms with Crippen LogP contribution in [0.15, 0.2) is 48.0 Å². The fourth-order valence-electron chi connectivity index (χ4n) is 3.90. The Kier molecular flexibility index (Phi) is 5.83. The second-order valence-electron chi connectivity index (χ2n) is 7.27. The highest BCUT2D eigenvalue weighted by Gasteiger charge is 2.29. The SMILES string of the molecule is Cc1cc(-c2ccncc2)c(NC(=O)NS(=O)(=O)c2nccnc2C(F)F)c2c1CCC2. The van der Waals surface area contributed by atoms with E-state index in [1.165, 1.54) is 0 Å². The maximum Gasteiger partial charge on any atom is 0.333 e. The Hall–Kier alpha value is -3.47. The number of alkyl halides is 2. The Labute approximate surface area is 183 Å². The minimum Gasteiger partial charge on any atom is -0.306 e. The molecule has 2 N–H and O–H groups in total. The molecule has 0 aliphatic heterocycles. The number of amides is 2. The van der Waals surface area contributed by atoms with E-state index in [-0.39, 0.29) is 0 Å². The molecule has 0 unspecified atom stereocenters. The van der Waals surface area contributed by atoms with Crippen molar-refractivity contribution in [1.29, 1.82) is 0 Å². The number of carbonyl (C=O) groups is 1. The fraction of sp³-hybridized carbons (Fsp3) is 0.238. The zero-order valence-electron chi connectivity index (χ0n) is 17.0. The molecule has 3 aromatic rings. The molecular formula is C21H19F2N5O3S. The fourth-order valence-corrected chi connectivity index (χ4v) is 4.91. The summed E-state index contributed by atoms with van der Waals surface area (Å²) in [6.07, 6.45) is 4.46. The molecule has 0 spiro atoms. The molecule has 1 aromatic carbocycles. The molecule has 0 fully saturated rings. The molecule has 2 heterocycles. The quantitative estimate of drug-likeness (QED) is 0.600. The summed E-state index contributed by atoms with van der Waals surface area (Å²) in [4.78, 5) is 23.6. The van der Waals surface area contributed by atoms with Gasteiger partial charge in [-0.1, -0.05) is 0 Å². The minimum atomic E-state index is -4.68. The molecule has 1 aliphatic rings. The maximum atomic E-state index is 13.2. The van der Waals surface area contributed by atoms with Crippen LogP contribution in [0.3, 0.4) is 0 Å². The van der Waals surface area contributed by atoms with Gasteiger partial charge in [0.1, 0.15) is 5.69 Å². The lowest BCUT2D eigenvalue weighted by Gasteiger charge is -2.18. The first-order valence-electron chi connectivity index (χ1n) is 9.76. The standard InChI is InChI=1S/C21H19F2N5O3S/c1-12-11-16(13-5-7-24-8-6-13)17(15-4-2-3-14(12)15)27-21(29)28-32(30,31)20-18(19(22)23)25-9-10-26-20/h5-11,19H,2-4H2,1H3,(H2,27,28,29). The number of pyridine rings is 1. The van der Waals surface area contributed by atoms with Crippen LogP contribution in [0.5, 0.6) is 0 Å². The Morgan fingerprint density at radius 2 is 1.75 bits per heavy atom. The van der Waals surface area contributed by atoms with Crippen molar-refractivity contribution < 1.29 is 22.0 Å². The number of halogens is 2. The number of sulfonamides is 1. The zero-order valence-corrected chi connectivity index (χ0v) is 17.8. The monoisotopic (exact) mass is 459 g/mol. The van der Waals surface area contributed by atoms with Crippen molar-refractivity contribution in [2.24, 2.45) is 0 Å². The van der Waals surface area contributed by atoms with Crippen LogP contribution in [0.1, 0.15) is 35.2 Å². The third-order valence-electron chi connectivity index (χ3n) is 5.24. The first-order chi connectivity index (χ1) is 15.3. The van der Waals surface area contributed by atoms with Crippen LogP contribution in [-0.2, 0) is 22.9 Å². The van der Waals surface area contributed by atoms with Crippen LogP contribution in [0.25, 0.3) is 11.1 Å². The van der Waals surface area contributed by atoms with E-state index in [2.05, 4.69) is 20.3 Å². The Bertz CT molecular complexity index is 1280. The van der Waals surface area contributed by atoms with E-state index in [0.717, 1.165) is 53.9 Å². The maximum absolute atomic E-state index is 13.2. The number of aryl methyl sites for hydroxylation is 1.